The molecule has 1 amide bonds. The van der Waals surface area contributed by atoms with Crippen LogP contribution in [0.25, 0.3) is 0 Å². The van der Waals surface area contributed by atoms with Crippen LogP contribution in [0.2, 0.25) is 0 Å². The van der Waals surface area contributed by atoms with Gasteiger partial charge in [-0.05, 0) is 57.4 Å². The maximum Gasteiger partial charge on any atom is 0.471 e. The van der Waals surface area contributed by atoms with E-state index in [4.69, 9.17) is 0 Å². The molecule has 0 saturated carbocycles. The topological polar surface area (TPSA) is 20.3 Å². The van der Waals surface area contributed by atoms with E-state index in [1.807, 2.05) is 0 Å². The molecule has 2 nitrogen and oxygen atoms in total. The summed E-state index contributed by atoms with van der Waals surface area (Å²) < 4.78 is 37.6. The van der Waals surface area contributed by atoms with Crippen molar-refractivity contribution in [3.05, 3.63) is 23.4 Å². The van der Waals surface area contributed by atoms with Gasteiger partial charge in [0.05, 0.1) is 0 Å². The number of amides is 1. The van der Waals surface area contributed by atoms with Gasteiger partial charge in [-0.2, -0.15) is 13.2 Å². The maximum atomic E-state index is 12.5. The van der Waals surface area contributed by atoms with Crippen LogP contribution in [0.1, 0.15) is 84.5 Å². The summed E-state index contributed by atoms with van der Waals surface area (Å²) in [6.45, 7) is 4.01. The Kier molecular flexibility index (Phi) is 9.91. The Bertz CT molecular complexity index is 466. The van der Waals surface area contributed by atoms with Gasteiger partial charge in [0.2, 0.25) is 0 Å². The van der Waals surface area contributed by atoms with Gasteiger partial charge in [0.1, 0.15) is 0 Å². The molecule has 1 heterocycles. The summed E-state index contributed by atoms with van der Waals surface area (Å²) in [6, 6.07) is 0. The maximum absolute atomic E-state index is 12.5. The van der Waals surface area contributed by atoms with Crippen molar-refractivity contribution in [2.75, 3.05) is 6.54 Å². The van der Waals surface area contributed by atoms with Crippen molar-refractivity contribution < 1.29 is 18.0 Å². The largest absolute Gasteiger partial charge is 0.471 e. The van der Waals surface area contributed by atoms with Crippen molar-refractivity contribution in [2.45, 2.75) is 90.7 Å². The molecule has 1 rings (SSSR count). The van der Waals surface area contributed by atoms with E-state index in [-0.39, 0.29) is 6.54 Å². The van der Waals surface area contributed by atoms with Crippen LogP contribution in [0, 0.1) is 0 Å². The molecule has 0 N–H and O–H groups in total. The number of alkyl halides is 3. The molecule has 0 unspecified atom stereocenters. The Balaban J connectivity index is 2.18. The highest BCUT2D eigenvalue weighted by atomic mass is 19.4. The van der Waals surface area contributed by atoms with E-state index < -0.39 is 12.1 Å². The quantitative estimate of drug-likeness (QED) is 0.303. The fourth-order valence-corrected chi connectivity index (χ4v) is 3.20. The van der Waals surface area contributed by atoms with Crippen LogP contribution in [0.15, 0.2) is 23.4 Å². The van der Waals surface area contributed by atoms with E-state index in [9.17, 15) is 18.0 Å². The highest BCUT2D eigenvalue weighted by Gasteiger charge is 2.44. The minimum absolute atomic E-state index is 0.164. The molecule has 0 fully saturated rings. The number of rotatable bonds is 11. The standard InChI is InChI=1S/C20H32F3NO/c1-3-4-5-6-7-8-9-10-11-12-13-14-18-15-16-24(17(18)2)19(25)20(21,22)23/h9-10H,3-8,11-16H2,1-2H3. The molecule has 0 saturated heterocycles. The van der Waals surface area contributed by atoms with Gasteiger partial charge in [-0.1, -0.05) is 44.8 Å². The predicted molar refractivity (Wildman–Crippen MR) is 96.1 cm³/mol. The lowest BCUT2D eigenvalue weighted by Crippen LogP contribution is -2.38. The summed E-state index contributed by atoms with van der Waals surface area (Å²) in [5, 5.41) is 0. The number of halogens is 3. The van der Waals surface area contributed by atoms with Gasteiger partial charge in [-0.15, -0.1) is 0 Å². The lowest BCUT2D eigenvalue weighted by molar-refractivity contribution is -0.182. The second kappa shape index (κ2) is 11.4. The van der Waals surface area contributed by atoms with Gasteiger partial charge in [0.15, 0.2) is 0 Å². The molecule has 1 aliphatic heterocycles. The summed E-state index contributed by atoms with van der Waals surface area (Å²) in [5.41, 5.74) is 1.50. The van der Waals surface area contributed by atoms with Crippen LogP contribution in [0.4, 0.5) is 13.2 Å². The fourth-order valence-electron chi connectivity index (χ4n) is 3.20. The van der Waals surface area contributed by atoms with Crippen LogP contribution < -0.4 is 0 Å². The Labute approximate surface area is 150 Å². The van der Waals surface area contributed by atoms with Crippen LogP contribution >= 0.6 is 0 Å². The number of carbonyl (C=O) groups is 1. The molecule has 5 heteroatoms. The van der Waals surface area contributed by atoms with Crippen molar-refractivity contribution in [1.29, 1.82) is 0 Å². The van der Waals surface area contributed by atoms with Crippen LogP contribution in [0.5, 0.6) is 0 Å². The normalized spacial score (nSPS) is 15.6. The molecular weight excluding hydrogens is 327 g/mol. The zero-order valence-corrected chi connectivity index (χ0v) is 15.6. The Morgan fingerprint density at radius 2 is 1.64 bits per heavy atom. The van der Waals surface area contributed by atoms with E-state index >= 15 is 0 Å². The zero-order chi connectivity index (χ0) is 18.7. The molecule has 0 radical (unpaired) electrons. The molecule has 0 aromatic heterocycles. The van der Waals surface area contributed by atoms with Crippen LogP contribution in [-0.4, -0.2) is 23.5 Å². The van der Waals surface area contributed by atoms with Gasteiger partial charge >= 0.3 is 12.1 Å². The van der Waals surface area contributed by atoms with E-state index in [0.29, 0.717) is 12.1 Å². The Morgan fingerprint density at radius 3 is 2.24 bits per heavy atom. The third-order valence-electron chi connectivity index (χ3n) is 4.78. The minimum Gasteiger partial charge on any atom is -0.308 e. The SMILES string of the molecule is CCCCCCCC=CCCCCC1=C(C)N(C(=O)C(F)(F)F)CC1. The lowest BCUT2D eigenvalue weighted by Gasteiger charge is -2.19. The van der Waals surface area contributed by atoms with E-state index in [1.165, 1.54) is 32.1 Å². The highest BCUT2D eigenvalue weighted by Crippen LogP contribution is 2.30. The third-order valence-corrected chi connectivity index (χ3v) is 4.78. The number of carbonyl (C=O) groups excluding carboxylic acids is 1. The second-order valence-corrected chi connectivity index (χ2v) is 6.81. The number of allylic oxidation sites excluding steroid dienone is 3. The van der Waals surface area contributed by atoms with Crippen molar-refractivity contribution >= 4 is 5.91 Å². The molecule has 0 bridgehead atoms. The minimum atomic E-state index is -4.78. The predicted octanol–water partition coefficient (Wildman–Crippen LogP) is 6.53. The third kappa shape index (κ3) is 8.10. The van der Waals surface area contributed by atoms with E-state index in [1.54, 1.807) is 6.92 Å². The van der Waals surface area contributed by atoms with Gasteiger partial charge in [-0.25, -0.2) is 0 Å². The number of hydrogen-bond acceptors (Lipinski definition) is 1. The first-order valence-corrected chi connectivity index (χ1v) is 9.60. The monoisotopic (exact) mass is 359 g/mol. The van der Waals surface area contributed by atoms with Crippen molar-refractivity contribution in [2.24, 2.45) is 0 Å². The molecule has 0 atom stereocenters. The molecule has 25 heavy (non-hydrogen) atoms. The average Bonchev–Trinajstić information content (AvgIpc) is 2.91. The van der Waals surface area contributed by atoms with Crippen molar-refractivity contribution in [3.63, 3.8) is 0 Å². The molecule has 0 spiro atoms. The summed E-state index contributed by atoms with van der Waals surface area (Å²) in [5.74, 6) is -1.73. The average molecular weight is 359 g/mol. The molecule has 144 valence electrons. The number of unbranched alkanes of at least 4 members (excludes halogenated alkanes) is 7. The van der Waals surface area contributed by atoms with Crippen molar-refractivity contribution in [1.82, 2.24) is 4.90 Å². The summed E-state index contributed by atoms with van der Waals surface area (Å²) in [6.07, 6.45) is 11.7. The Hall–Kier alpha value is -1.26. The number of nitrogens with zero attached hydrogens (tertiary/aromatic N) is 1. The van der Waals surface area contributed by atoms with E-state index in [2.05, 4.69) is 19.1 Å². The smallest absolute Gasteiger partial charge is 0.308 e. The zero-order valence-electron chi connectivity index (χ0n) is 15.6. The van der Waals surface area contributed by atoms with Gasteiger partial charge in [0, 0.05) is 12.2 Å². The van der Waals surface area contributed by atoms with Gasteiger partial charge in [0.25, 0.3) is 0 Å². The first kappa shape index (κ1) is 21.8. The Morgan fingerprint density at radius 1 is 1.04 bits per heavy atom. The number of hydrogen-bond donors (Lipinski definition) is 0. The second-order valence-electron chi connectivity index (χ2n) is 6.81. The van der Waals surface area contributed by atoms with Crippen LogP contribution in [-0.2, 0) is 4.79 Å². The van der Waals surface area contributed by atoms with Crippen molar-refractivity contribution in [3.8, 4) is 0 Å². The first-order valence-electron chi connectivity index (χ1n) is 9.60. The molecule has 0 aromatic rings. The summed E-state index contributed by atoms with van der Waals surface area (Å²) >= 11 is 0. The van der Waals surface area contributed by atoms with Crippen LogP contribution in [0.3, 0.4) is 0 Å². The molecule has 0 aliphatic carbocycles. The lowest BCUT2D eigenvalue weighted by atomic mass is 10.0. The highest BCUT2D eigenvalue weighted by molar-refractivity contribution is 5.84. The molecule has 0 aromatic carbocycles. The molecule has 1 aliphatic rings. The summed E-state index contributed by atoms with van der Waals surface area (Å²) in [7, 11) is 0. The summed E-state index contributed by atoms with van der Waals surface area (Å²) in [4.78, 5) is 12.2. The first-order chi connectivity index (χ1) is 11.9. The fraction of sp³-hybridized carbons (Fsp3) is 0.750. The van der Waals surface area contributed by atoms with Gasteiger partial charge < -0.3 is 4.90 Å². The molecular formula is C20H32F3NO. The van der Waals surface area contributed by atoms with Gasteiger partial charge in [-0.3, -0.25) is 4.79 Å². The van der Waals surface area contributed by atoms with E-state index in [0.717, 1.165) is 42.6 Å².